The van der Waals surface area contributed by atoms with Crippen LogP contribution >= 0.6 is 23.2 Å². The van der Waals surface area contributed by atoms with Crippen molar-refractivity contribution >= 4 is 40.8 Å². The van der Waals surface area contributed by atoms with Gasteiger partial charge in [0.1, 0.15) is 66.2 Å². The highest BCUT2D eigenvalue weighted by molar-refractivity contribution is 6.31. The van der Waals surface area contributed by atoms with E-state index in [1.165, 1.54) is 19.3 Å². The number of hydrogen-bond acceptors (Lipinski definition) is 16. The summed E-state index contributed by atoms with van der Waals surface area (Å²) in [5, 5.41) is 65.3. The van der Waals surface area contributed by atoms with Crippen molar-refractivity contribution < 1.29 is 78.2 Å². The maximum atomic E-state index is 13.9. The number of halogens is 2. The first-order valence-electron chi connectivity index (χ1n) is 20.6. The number of alkyl halides is 1. The number of nitrogens with two attached hydrogens (primary N) is 1. The van der Waals surface area contributed by atoms with Gasteiger partial charge in [0.25, 0.3) is 5.91 Å². The molecule has 2 amide bonds. The summed E-state index contributed by atoms with van der Waals surface area (Å²) < 4.78 is 39.5. The number of nitrogens with zero attached hydrogens (tertiary/aromatic N) is 1. The van der Waals surface area contributed by atoms with E-state index in [-0.39, 0.29) is 17.6 Å². The van der Waals surface area contributed by atoms with Crippen LogP contribution in [0, 0.1) is 0 Å². The Balaban J connectivity index is 1.20. The van der Waals surface area contributed by atoms with Gasteiger partial charge in [-0.1, -0.05) is 84.5 Å². The highest BCUT2D eigenvalue weighted by Gasteiger charge is 2.56. The molecule has 5 aliphatic rings. The van der Waals surface area contributed by atoms with Crippen molar-refractivity contribution in [1.29, 1.82) is 0 Å². The van der Waals surface area contributed by atoms with Gasteiger partial charge in [-0.15, -0.1) is 11.6 Å². The third-order valence-electron chi connectivity index (χ3n) is 10.8. The van der Waals surface area contributed by atoms with Crippen LogP contribution in [-0.2, 0) is 47.5 Å². The molecule has 352 valence electrons. The van der Waals surface area contributed by atoms with E-state index >= 15 is 0 Å². The normalized spacial score (nSPS) is 39.0. The fourth-order valence-electron chi connectivity index (χ4n) is 7.47. The molecule has 0 saturated carbocycles. The van der Waals surface area contributed by atoms with E-state index in [2.05, 4.69) is 0 Å². The van der Waals surface area contributed by atoms with Crippen LogP contribution in [0.1, 0.15) is 26.7 Å². The number of amides is 2. The second-order valence-electron chi connectivity index (χ2n) is 15.5. The Bertz CT molecular complexity index is 1920. The third kappa shape index (κ3) is 12.9. The van der Waals surface area contributed by atoms with Crippen LogP contribution in [-0.4, -0.2) is 171 Å². The van der Waals surface area contributed by atoms with E-state index in [0.717, 1.165) is 17.4 Å². The summed E-state index contributed by atoms with van der Waals surface area (Å²) in [6.07, 6.45) is 8.07. The number of carbonyl (C=O) groups is 3. The van der Waals surface area contributed by atoms with Gasteiger partial charge in [-0.25, -0.2) is 0 Å². The van der Waals surface area contributed by atoms with E-state index in [9.17, 15) is 45.0 Å². The highest BCUT2D eigenvalue weighted by atomic mass is 35.5. The number of hydrogen-bond donors (Lipinski definition) is 7. The number of ketones is 1. The lowest BCUT2D eigenvalue weighted by Crippen LogP contribution is -2.65. The van der Waals surface area contributed by atoms with Crippen molar-refractivity contribution in [2.75, 3.05) is 20.3 Å². The average molecular weight is 940 g/mol. The highest BCUT2D eigenvalue weighted by Crippen LogP contribution is 2.35. The summed E-state index contributed by atoms with van der Waals surface area (Å²) >= 11 is 12.5. The van der Waals surface area contributed by atoms with Crippen molar-refractivity contribution in [3.05, 3.63) is 108 Å². The van der Waals surface area contributed by atoms with Gasteiger partial charge in [0, 0.05) is 12.1 Å². The topological polar surface area (TPSA) is 266 Å². The van der Waals surface area contributed by atoms with E-state index in [4.69, 9.17) is 62.1 Å². The average Bonchev–Trinajstić information content (AvgIpc) is 3.81. The molecular weight excluding hydrogens is 883 g/mol. The molecule has 5 aliphatic heterocycles. The minimum atomic E-state index is -1.86. The molecule has 0 aromatic carbocycles. The maximum absolute atomic E-state index is 13.9. The largest absolute Gasteiger partial charge is 0.507 e. The number of likely N-dealkylation sites (tertiary alicyclic amines) is 1. The number of rotatable bonds is 17. The standard InChI is InChI=1S/C44H56Cl2N2O16/c1-23-19-26(46)30(61-23)18-14-10-9-12-16-25(45)15-11-7-5-4-6-8-13-17-28(49)33-35(53)27(20-32(47)51)48(41(33)57)42-39(36(54)29(50)21-59-42)64-43-38(56)37(55)31(22-60-43)63-44-40(58-3)34(52)24(2)62-44/h4-18,23-24,26-27,29-31,34,36-40,42-44,49-50,52,54-56H,19-22H2,1-3H3,(H2,47,51)/b5-4+,8-6+,10-9+,11-7+,16-12+,17-13+,18-14+,25-15-,33-28-/t23-,24-,26+,27+,29-,30+,31-,34-,36+,37-,38+,39-,40+,42-,43+,44+/m1/s1. The molecule has 5 heterocycles. The second-order valence-corrected chi connectivity index (χ2v) is 16.5. The molecule has 5 fully saturated rings. The SMILES string of the molecule is CO[C@@H]1[C@H](O[C@@H]2CO[C@@H](O[C@@H]3[C@@H](O)[C@H](O)CO[C@H]3N3C(=O)/C(=C(O)/C=C/C=C/C=C/C=C/C=C(Cl)/C=C/C=C/C=C/[C@@H]4O[C@H](C)C[C@@H]4Cl)C(=O)[C@@H]3CC(N)=O)[C@@H](O)[C@@H]2O)O[C@H](C)[C@H]1O. The number of methoxy groups -OCH3 is 1. The molecule has 0 radical (unpaired) electrons. The zero-order chi connectivity index (χ0) is 46.7. The van der Waals surface area contributed by atoms with Gasteiger partial charge in [-0.3, -0.25) is 19.3 Å². The smallest absolute Gasteiger partial charge is 0.264 e. The quantitative estimate of drug-likeness (QED) is 0.0356. The zero-order valence-corrected chi connectivity index (χ0v) is 36.8. The number of allylic oxidation sites excluding steroid dienone is 15. The number of aliphatic hydroxyl groups excluding tert-OH is 6. The predicted octanol–water partition coefficient (Wildman–Crippen LogP) is 1.30. The lowest BCUT2D eigenvalue weighted by Gasteiger charge is -2.46. The van der Waals surface area contributed by atoms with Crippen LogP contribution in [0.2, 0.25) is 0 Å². The van der Waals surface area contributed by atoms with Gasteiger partial charge in [-0.2, -0.15) is 0 Å². The van der Waals surface area contributed by atoms with Crippen molar-refractivity contribution in [3.8, 4) is 0 Å². The molecular formula is C44H56Cl2N2O16. The molecule has 0 aliphatic carbocycles. The Kier molecular flexibility index (Phi) is 19.3. The Morgan fingerprint density at radius 2 is 1.47 bits per heavy atom. The molecule has 0 bridgehead atoms. The van der Waals surface area contributed by atoms with Crippen LogP contribution in [0.25, 0.3) is 0 Å². The first-order chi connectivity index (χ1) is 30.5. The number of aliphatic hydroxyl groups is 6. The molecule has 0 spiro atoms. The molecule has 5 saturated heterocycles. The number of primary amides is 1. The lowest BCUT2D eigenvalue weighted by molar-refractivity contribution is -0.338. The van der Waals surface area contributed by atoms with Crippen LogP contribution < -0.4 is 5.73 Å². The molecule has 16 atom stereocenters. The Labute approximate surface area is 380 Å². The monoisotopic (exact) mass is 938 g/mol. The van der Waals surface area contributed by atoms with E-state index in [0.29, 0.717) is 5.03 Å². The third-order valence-corrected chi connectivity index (χ3v) is 11.5. The molecule has 18 nitrogen and oxygen atoms in total. The molecule has 5 rings (SSSR count). The first kappa shape index (κ1) is 51.2. The van der Waals surface area contributed by atoms with Crippen LogP contribution in [0.3, 0.4) is 0 Å². The van der Waals surface area contributed by atoms with E-state index in [1.807, 2.05) is 31.2 Å². The Morgan fingerprint density at radius 1 is 0.812 bits per heavy atom. The fourth-order valence-corrected chi connectivity index (χ4v) is 8.01. The minimum Gasteiger partial charge on any atom is -0.507 e. The summed E-state index contributed by atoms with van der Waals surface area (Å²) in [6, 6.07) is -1.63. The Morgan fingerprint density at radius 3 is 2.12 bits per heavy atom. The van der Waals surface area contributed by atoms with Crippen LogP contribution in [0.5, 0.6) is 0 Å². The molecule has 0 aromatic rings. The van der Waals surface area contributed by atoms with Gasteiger partial charge in [-0.05, 0) is 38.5 Å². The molecule has 0 aromatic heterocycles. The summed E-state index contributed by atoms with van der Waals surface area (Å²) in [6.45, 7) is 2.62. The van der Waals surface area contributed by atoms with Crippen LogP contribution in [0.4, 0.5) is 0 Å². The summed E-state index contributed by atoms with van der Waals surface area (Å²) in [5.41, 5.74) is 4.73. The van der Waals surface area contributed by atoms with Crippen molar-refractivity contribution in [2.45, 2.75) is 124 Å². The van der Waals surface area contributed by atoms with Crippen molar-refractivity contribution in [3.63, 3.8) is 0 Å². The Hall–Kier alpha value is -3.83. The fraction of sp³-hybridized carbons (Fsp3) is 0.523. The number of Topliss-reactive ketones (excluding diaryl/α,β-unsaturated/α-hetero) is 1. The van der Waals surface area contributed by atoms with Gasteiger partial charge >= 0.3 is 0 Å². The minimum absolute atomic E-state index is 0.0373. The number of ether oxygens (including phenoxy) is 7. The van der Waals surface area contributed by atoms with Gasteiger partial charge in [0.15, 0.2) is 24.6 Å². The second kappa shape index (κ2) is 24.1. The van der Waals surface area contributed by atoms with Gasteiger partial charge in [0.2, 0.25) is 5.91 Å². The van der Waals surface area contributed by atoms with Crippen LogP contribution in [0.15, 0.2) is 108 Å². The maximum Gasteiger partial charge on any atom is 0.264 e. The predicted molar refractivity (Wildman–Crippen MR) is 230 cm³/mol. The van der Waals surface area contributed by atoms with Gasteiger partial charge in [0.05, 0.1) is 43.3 Å². The van der Waals surface area contributed by atoms with Gasteiger partial charge < -0.3 is 69.5 Å². The van der Waals surface area contributed by atoms with Crippen molar-refractivity contribution in [1.82, 2.24) is 4.90 Å². The van der Waals surface area contributed by atoms with E-state index < -0.39 is 128 Å². The molecule has 20 heteroatoms. The lowest BCUT2D eigenvalue weighted by atomic mass is 10.0. The summed E-state index contributed by atoms with van der Waals surface area (Å²) in [5.74, 6) is -3.84. The van der Waals surface area contributed by atoms with E-state index in [1.54, 1.807) is 55.5 Å². The zero-order valence-electron chi connectivity index (χ0n) is 35.3. The molecule has 64 heavy (non-hydrogen) atoms. The molecule has 8 N–H and O–H groups in total. The first-order valence-corrected chi connectivity index (χ1v) is 21.4. The summed E-state index contributed by atoms with van der Waals surface area (Å²) in [4.78, 5) is 40.5. The molecule has 0 unspecified atom stereocenters. The number of carbonyl (C=O) groups excluding carboxylic acids is 3. The summed E-state index contributed by atoms with van der Waals surface area (Å²) in [7, 11) is 1.34. The van der Waals surface area contributed by atoms with Crippen molar-refractivity contribution in [2.24, 2.45) is 5.73 Å².